The summed E-state index contributed by atoms with van der Waals surface area (Å²) >= 11 is 0. The third kappa shape index (κ3) is 4.83. The molecule has 1 aromatic rings. The normalized spacial score (nSPS) is 19.7. The molecule has 1 heterocycles. The predicted molar refractivity (Wildman–Crippen MR) is 84.0 cm³/mol. The summed E-state index contributed by atoms with van der Waals surface area (Å²) < 4.78 is 5.27. The molecule has 0 radical (unpaired) electrons. The molecule has 116 valence electrons. The second-order valence-corrected chi connectivity index (χ2v) is 5.60. The van der Waals surface area contributed by atoms with E-state index in [1.54, 1.807) is 0 Å². The van der Waals surface area contributed by atoms with Gasteiger partial charge in [0.15, 0.2) is 0 Å². The summed E-state index contributed by atoms with van der Waals surface area (Å²) in [4.78, 5) is 16.6. The Morgan fingerprint density at radius 2 is 2.05 bits per heavy atom. The van der Waals surface area contributed by atoms with Crippen molar-refractivity contribution in [3.8, 4) is 0 Å². The lowest BCUT2D eigenvalue weighted by Crippen LogP contribution is -2.53. The highest BCUT2D eigenvalue weighted by molar-refractivity contribution is 5.76. The minimum Gasteiger partial charge on any atom is -0.381 e. The highest BCUT2D eigenvalue weighted by atomic mass is 16.5. The van der Waals surface area contributed by atoms with Crippen molar-refractivity contribution < 1.29 is 9.53 Å². The Kier molecular flexibility index (Phi) is 6.21. The summed E-state index contributed by atoms with van der Waals surface area (Å²) in [5.74, 6) is 0.218. The Labute approximate surface area is 127 Å². The second kappa shape index (κ2) is 8.15. The van der Waals surface area contributed by atoms with Crippen molar-refractivity contribution in [2.75, 3.05) is 32.8 Å². The number of carbonyl (C=O) groups is 1. The van der Waals surface area contributed by atoms with Gasteiger partial charge in [-0.3, -0.25) is 9.69 Å². The van der Waals surface area contributed by atoms with Crippen LogP contribution in [0.15, 0.2) is 30.3 Å². The van der Waals surface area contributed by atoms with Crippen molar-refractivity contribution in [2.45, 2.75) is 32.9 Å². The largest absolute Gasteiger partial charge is 0.381 e. The molecule has 0 bridgehead atoms. The molecule has 1 aliphatic heterocycles. The first kappa shape index (κ1) is 16.0. The Morgan fingerprint density at radius 1 is 1.29 bits per heavy atom. The third-order valence-electron chi connectivity index (χ3n) is 3.95. The molecule has 1 unspecified atom stereocenters. The zero-order chi connectivity index (χ0) is 15.1. The molecule has 2 rings (SSSR count). The zero-order valence-corrected chi connectivity index (χ0v) is 13.1. The van der Waals surface area contributed by atoms with Crippen LogP contribution in [0.25, 0.3) is 0 Å². The highest BCUT2D eigenvalue weighted by Crippen LogP contribution is 2.14. The molecule has 0 spiro atoms. The molecule has 1 amide bonds. The fourth-order valence-electron chi connectivity index (χ4n) is 2.84. The van der Waals surface area contributed by atoms with Gasteiger partial charge in [-0.05, 0) is 19.4 Å². The maximum Gasteiger partial charge on any atom is 0.225 e. The summed E-state index contributed by atoms with van der Waals surface area (Å²) in [5.41, 5.74) is 1.33. The van der Waals surface area contributed by atoms with Gasteiger partial charge in [-0.1, -0.05) is 30.3 Å². The topological polar surface area (TPSA) is 32.8 Å². The van der Waals surface area contributed by atoms with Crippen LogP contribution in [0.1, 0.15) is 25.8 Å². The van der Waals surface area contributed by atoms with E-state index in [4.69, 9.17) is 4.74 Å². The van der Waals surface area contributed by atoms with E-state index in [9.17, 15) is 4.79 Å². The zero-order valence-electron chi connectivity index (χ0n) is 13.1. The maximum atomic E-state index is 12.2. The molecule has 1 aliphatic rings. The monoisotopic (exact) mass is 290 g/mol. The van der Waals surface area contributed by atoms with Gasteiger partial charge in [0.1, 0.15) is 0 Å². The van der Waals surface area contributed by atoms with Crippen molar-refractivity contribution in [1.82, 2.24) is 9.80 Å². The molecule has 0 N–H and O–H groups in total. The number of hydrogen-bond donors (Lipinski definition) is 0. The predicted octanol–water partition coefficient (Wildman–Crippen LogP) is 2.15. The lowest BCUT2D eigenvalue weighted by atomic mass is 10.1. The van der Waals surface area contributed by atoms with E-state index in [1.807, 2.05) is 17.9 Å². The van der Waals surface area contributed by atoms with Crippen LogP contribution in [0.5, 0.6) is 0 Å². The van der Waals surface area contributed by atoms with Gasteiger partial charge in [0.2, 0.25) is 5.91 Å². The van der Waals surface area contributed by atoms with Crippen LogP contribution in [0.4, 0.5) is 0 Å². The van der Waals surface area contributed by atoms with Crippen LogP contribution in [0.3, 0.4) is 0 Å². The average Bonchev–Trinajstić information content (AvgIpc) is 2.48. The maximum absolute atomic E-state index is 12.2. The number of benzene rings is 1. The van der Waals surface area contributed by atoms with Crippen LogP contribution >= 0.6 is 0 Å². The first-order valence-electron chi connectivity index (χ1n) is 7.84. The second-order valence-electron chi connectivity index (χ2n) is 5.60. The van der Waals surface area contributed by atoms with Crippen LogP contribution in [-0.4, -0.2) is 54.6 Å². The molecule has 0 saturated carbocycles. The summed E-state index contributed by atoms with van der Waals surface area (Å²) in [6.45, 7) is 8.96. The summed E-state index contributed by atoms with van der Waals surface area (Å²) in [5, 5.41) is 0. The van der Waals surface area contributed by atoms with E-state index in [0.717, 1.165) is 26.2 Å². The highest BCUT2D eigenvalue weighted by Gasteiger charge is 2.26. The van der Waals surface area contributed by atoms with Gasteiger partial charge in [0.05, 0.1) is 13.0 Å². The van der Waals surface area contributed by atoms with E-state index >= 15 is 0 Å². The molecule has 0 aliphatic carbocycles. The van der Waals surface area contributed by atoms with E-state index in [0.29, 0.717) is 19.6 Å². The standard InChI is InChI=1S/C17H26N2O2/c1-3-21-12-9-17(20)19-11-10-18(13-15(19)2)14-16-7-5-4-6-8-16/h4-8,15H,3,9-14H2,1-2H3. The Morgan fingerprint density at radius 3 is 2.71 bits per heavy atom. The molecule has 21 heavy (non-hydrogen) atoms. The number of hydrogen-bond acceptors (Lipinski definition) is 3. The van der Waals surface area contributed by atoms with Crippen LogP contribution in [0.2, 0.25) is 0 Å². The van der Waals surface area contributed by atoms with Crippen LogP contribution in [-0.2, 0) is 16.1 Å². The molecule has 1 saturated heterocycles. The van der Waals surface area contributed by atoms with Gasteiger partial charge in [0, 0.05) is 38.8 Å². The van der Waals surface area contributed by atoms with E-state index in [1.165, 1.54) is 5.56 Å². The number of amides is 1. The van der Waals surface area contributed by atoms with Gasteiger partial charge >= 0.3 is 0 Å². The molecule has 4 nitrogen and oxygen atoms in total. The first-order chi connectivity index (χ1) is 10.2. The Bertz CT molecular complexity index is 436. The van der Waals surface area contributed by atoms with Gasteiger partial charge < -0.3 is 9.64 Å². The third-order valence-corrected chi connectivity index (χ3v) is 3.95. The molecule has 0 aromatic heterocycles. The fourth-order valence-corrected chi connectivity index (χ4v) is 2.84. The van der Waals surface area contributed by atoms with Crippen molar-refractivity contribution >= 4 is 5.91 Å². The van der Waals surface area contributed by atoms with E-state index in [-0.39, 0.29) is 11.9 Å². The molecule has 1 fully saturated rings. The van der Waals surface area contributed by atoms with Gasteiger partial charge in [-0.25, -0.2) is 0 Å². The lowest BCUT2D eigenvalue weighted by Gasteiger charge is -2.40. The quantitative estimate of drug-likeness (QED) is 0.753. The van der Waals surface area contributed by atoms with Gasteiger partial charge in [0.25, 0.3) is 0 Å². The SMILES string of the molecule is CCOCCC(=O)N1CCN(Cc2ccccc2)CC1C. The molecular formula is C17H26N2O2. The van der Waals surface area contributed by atoms with Crippen LogP contribution in [0, 0.1) is 0 Å². The molecule has 1 aromatic carbocycles. The number of rotatable bonds is 6. The number of piperazine rings is 1. The average molecular weight is 290 g/mol. The van der Waals surface area contributed by atoms with Gasteiger partial charge in [-0.15, -0.1) is 0 Å². The number of carbonyl (C=O) groups excluding carboxylic acids is 1. The fraction of sp³-hybridized carbons (Fsp3) is 0.588. The lowest BCUT2D eigenvalue weighted by molar-refractivity contribution is -0.136. The number of nitrogens with zero attached hydrogens (tertiary/aromatic N) is 2. The minimum atomic E-state index is 0.218. The molecular weight excluding hydrogens is 264 g/mol. The van der Waals surface area contributed by atoms with Crippen molar-refractivity contribution in [3.05, 3.63) is 35.9 Å². The summed E-state index contributed by atoms with van der Waals surface area (Å²) in [6, 6.07) is 10.8. The van der Waals surface area contributed by atoms with E-state index in [2.05, 4.69) is 36.1 Å². The van der Waals surface area contributed by atoms with Crippen LogP contribution < -0.4 is 0 Å². The summed E-state index contributed by atoms with van der Waals surface area (Å²) in [7, 11) is 0. The van der Waals surface area contributed by atoms with Crippen molar-refractivity contribution in [3.63, 3.8) is 0 Å². The summed E-state index contributed by atoms with van der Waals surface area (Å²) in [6.07, 6.45) is 0.497. The molecule has 1 atom stereocenters. The Balaban J connectivity index is 1.80. The molecule has 4 heteroatoms. The minimum absolute atomic E-state index is 0.218. The van der Waals surface area contributed by atoms with Crippen molar-refractivity contribution in [1.29, 1.82) is 0 Å². The van der Waals surface area contributed by atoms with Crippen molar-refractivity contribution in [2.24, 2.45) is 0 Å². The van der Waals surface area contributed by atoms with Gasteiger partial charge in [-0.2, -0.15) is 0 Å². The number of ether oxygens (including phenoxy) is 1. The first-order valence-corrected chi connectivity index (χ1v) is 7.84. The smallest absolute Gasteiger partial charge is 0.225 e. The van der Waals surface area contributed by atoms with E-state index < -0.39 is 0 Å². The Hall–Kier alpha value is -1.39.